The standard InChI is InChI=1S/C20H18ClN3/c21-13-5-6-17-16(10-13)12(11-23-17)9-19-20-15(7-8-22-19)14-3-1-2-4-18(14)24-20/h1-6,10-11,19,22-24H,7-9H2. The fourth-order valence-electron chi connectivity index (χ4n) is 3.97. The predicted molar refractivity (Wildman–Crippen MR) is 99.8 cm³/mol. The summed E-state index contributed by atoms with van der Waals surface area (Å²) in [5, 5.41) is 7.04. The molecule has 4 aromatic rings. The number of aromatic nitrogens is 2. The van der Waals surface area contributed by atoms with E-state index in [-0.39, 0.29) is 0 Å². The first-order valence-electron chi connectivity index (χ1n) is 8.38. The summed E-state index contributed by atoms with van der Waals surface area (Å²) in [6.07, 6.45) is 4.13. The van der Waals surface area contributed by atoms with Gasteiger partial charge in [-0.3, -0.25) is 0 Å². The Bertz CT molecular complexity index is 1040. The minimum Gasteiger partial charge on any atom is -0.361 e. The molecule has 0 bridgehead atoms. The number of hydrogen-bond donors (Lipinski definition) is 3. The lowest BCUT2D eigenvalue weighted by Gasteiger charge is -2.24. The summed E-state index contributed by atoms with van der Waals surface area (Å²) in [6.45, 7) is 1.02. The molecule has 2 aromatic heterocycles. The van der Waals surface area contributed by atoms with Crippen molar-refractivity contribution >= 4 is 33.4 Å². The minimum absolute atomic E-state index is 0.305. The molecule has 0 saturated carbocycles. The van der Waals surface area contributed by atoms with Gasteiger partial charge in [-0.05, 0) is 54.8 Å². The Labute approximate surface area is 145 Å². The minimum atomic E-state index is 0.305. The highest BCUT2D eigenvalue weighted by Gasteiger charge is 2.24. The number of rotatable bonds is 2. The largest absolute Gasteiger partial charge is 0.361 e. The van der Waals surface area contributed by atoms with Gasteiger partial charge in [0.15, 0.2) is 0 Å². The summed E-state index contributed by atoms with van der Waals surface area (Å²) < 4.78 is 0. The summed E-state index contributed by atoms with van der Waals surface area (Å²) in [6, 6.07) is 14.9. The van der Waals surface area contributed by atoms with E-state index in [0.29, 0.717) is 6.04 Å². The Morgan fingerprint density at radius 1 is 1.04 bits per heavy atom. The van der Waals surface area contributed by atoms with E-state index in [1.54, 1.807) is 0 Å². The maximum absolute atomic E-state index is 6.19. The van der Waals surface area contributed by atoms with Crippen LogP contribution in [0.1, 0.15) is 22.9 Å². The van der Waals surface area contributed by atoms with Gasteiger partial charge >= 0.3 is 0 Å². The molecule has 3 nitrogen and oxygen atoms in total. The molecule has 0 aliphatic carbocycles. The Morgan fingerprint density at radius 2 is 1.96 bits per heavy atom. The van der Waals surface area contributed by atoms with E-state index in [1.807, 2.05) is 12.1 Å². The van der Waals surface area contributed by atoms with Crippen molar-refractivity contribution in [2.75, 3.05) is 6.54 Å². The number of halogens is 1. The molecule has 2 aromatic carbocycles. The third kappa shape index (κ3) is 2.16. The van der Waals surface area contributed by atoms with Crippen LogP contribution in [-0.2, 0) is 12.8 Å². The van der Waals surface area contributed by atoms with Crippen LogP contribution < -0.4 is 5.32 Å². The lowest BCUT2D eigenvalue weighted by atomic mass is 9.94. The molecule has 4 heteroatoms. The molecule has 0 amide bonds. The lowest BCUT2D eigenvalue weighted by Crippen LogP contribution is -2.31. The average molecular weight is 336 g/mol. The highest BCUT2D eigenvalue weighted by Crippen LogP contribution is 2.33. The van der Waals surface area contributed by atoms with Crippen LogP contribution in [0.15, 0.2) is 48.7 Å². The molecule has 1 unspecified atom stereocenters. The fourth-order valence-corrected chi connectivity index (χ4v) is 4.15. The fraction of sp³-hybridized carbons (Fsp3) is 0.200. The van der Waals surface area contributed by atoms with E-state index in [0.717, 1.165) is 29.9 Å². The van der Waals surface area contributed by atoms with Gasteiger partial charge in [-0.25, -0.2) is 0 Å². The van der Waals surface area contributed by atoms with Crippen LogP contribution in [0.5, 0.6) is 0 Å². The number of aromatic amines is 2. The second-order valence-electron chi connectivity index (χ2n) is 6.53. The monoisotopic (exact) mass is 335 g/mol. The predicted octanol–water partition coefficient (Wildman–Crippen LogP) is 4.73. The molecular formula is C20H18ClN3. The van der Waals surface area contributed by atoms with Crippen LogP contribution in [0.3, 0.4) is 0 Å². The van der Waals surface area contributed by atoms with Crippen molar-refractivity contribution in [3.05, 3.63) is 70.5 Å². The van der Waals surface area contributed by atoms with Crippen LogP contribution in [0.2, 0.25) is 5.02 Å². The van der Waals surface area contributed by atoms with Crippen molar-refractivity contribution in [3.8, 4) is 0 Å². The first-order chi connectivity index (χ1) is 11.8. The molecule has 5 rings (SSSR count). The number of nitrogens with one attached hydrogen (secondary N) is 3. The molecule has 1 aliphatic heterocycles. The first kappa shape index (κ1) is 14.1. The highest BCUT2D eigenvalue weighted by atomic mass is 35.5. The van der Waals surface area contributed by atoms with E-state index in [2.05, 4.69) is 51.8 Å². The Morgan fingerprint density at radius 3 is 2.92 bits per heavy atom. The van der Waals surface area contributed by atoms with Crippen molar-refractivity contribution in [2.24, 2.45) is 0 Å². The second kappa shape index (κ2) is 5.40. The van der Waals surface area contributed by atoms with Crippen molar-refractivity contribution < 1.29 is 0 Å². The molecule has 120 valence electrons. The van der Waals surface area contributed by atoms with Gasteiger partial charge in [0.1, 0.15) is 0 Å². The Kier molecular flexibility index (Phi) is 3.18. The quantitative estimate of drug-likeness (QED) is 0.487. The van der Waals surface area contributed by atoms with Crippen molar-refractivity contribution in [3.63, 3.8) is 0 Å². The third-order valence-electron chi connectivity index (χ3n) is 5.11. The second-order valence-corrected chi connectivity index (χ2v) is 6.96. The molecule has 1 aliphatic rings. The van der Waals surface area contributed by atoms with Gasteiger partial charge < -0.3 is 15.3 Å². The summed E-state index contributed by atoms with van der Waals surface area (Å²) in [5.41, 5.74) is 6.47. The zero-order valence-corrected chi connectivity index (χ0v) is 14.0. The van der Waals surface area contributed by atoms with Gasteiger partial charge in [0, 0.05) is 38.7 Å². The zero-order chi connectivity index (χ0) is 16.1. The van der Waals surface area contributed by atoms with E-state index in [4.69, 9.17) is 11.6 Å². The molecule has 0 fully saturated rings. The number of fused-ring (bicyclic) bond motifs is 4. The molecular weight excluding hydrogens is 318 g/mol. The molecule has 3 heterocycles. The lowest BCUT2D eigenvalue weighted by molar-refractivity contribution is 0.496. The Balaban J connectivity index is 1.57. The van der Waals surface area contributed by atoms with Gasteiger partial charge in [-0.1, -0.05) is 29.8 Å². The van der Waals surface area contributed by atoms with Crippen molar-refractivity contribution in [1.82, 2.24) is 15.3 Å². The van der Waals surface area contributed by atoms with Crippen molar-refractivity contribution in [2.45, 2.75) is 18.9 Å². The van der Waals surface area contributed by atoms with Gasteiger partial charge in [-0.2, -0.15) is 0 Å². The van der Waals surface area contributed by atoms with Crippen LogP contribution in [0.4, 0.5) is 0 Å². The summed E-state index contributed by atoms with van der Waals surface area (Å²) in [5.74, 6) is 0. The van der Waals surface area contributed by atoms with Crippen LogP contribution in [0.25, 0.3) is 21.8 Å². The summed E-state index contributed by atoms with van der Waals surface area (Å²) in [7, 11) is 0. The molecule has 1 atom stereocenters. The maximum Gasteiger partial charge on any atom is 0.0517 e. The SMILES string of the molecule is Clc1ccc2[nH]cc(CC3NCCc4c3[nH]c3ccccc43)c2c1. The van der Waals surface area contributed by atoms with E-state index in [9.17, 15) is 0 Å². The summed E-state index contributed by atoms with van der Waals surface area (Å²) in [4.78, 5) is 7.00. The molecule has 0 spiro atoms. The zero-order valence-electron chi connectivity index (χ0n) is 13.2. The van der Waals surface area contributed by atoms with Gasteiger partial charge in [0.2, 0.25) is 0 Å². The van der Waals surface area contributed by atoms with Gasteiger partial charge in [-0.15, -0.1) is 0 Å². The van der Waals surface area contributed by atoms with Crippen LogP contribution in [-0.4, -0.2) is 16.5 Å². The first-order valence-corrected chi connectivity index (χ1v) is 8.76. The highest BCUT2D eigenvalue weighted by molar-refractivity contribution is 6.31. The van der Waals surface area contributed by atoms with Crippen LogP contribution >= 0.6 is 11.6 Å². The summed E-state index contributed by atoms with van der Waals surface area (Å²) >= 11 is 6.19. The molecule has 0 saturated heterocycles. The van der Waals surface area contributed by atoms with Crippen molar-refractivity contribution in [1.29, 1.82) is 0 Å². The van der Waals surface area contributed by atoms with E-state index < -0.39 is 0 Å². The molecule has 24 heavy (non-hydrogen) atoms. The third-order valence-corrected chi connectivity index (χ3v) is 5.35. The topological polar surface area (TPSA) is 43.6 Å². The van der Waals surface area contributed by atoms with Gasteiger partial charge in [0.05, 0.1) is 6.04 Å². The normalized spacial score (nSPS) is 17.5. The van der Waals surface area contributed by atoms with Crippen LogP contribution in [0, 0.1) is 0 Å². The number of benzene rings is 2. The number of hydrogen-bond acceptors (Lipinski definition) is 1. The Hall–Kier alpha value is -2.23. The van der Waals surface area contributed by atoms with E-state index in [1.165, 1.54) is 33.1 Å². The van der Waals surface area contributed by atoms with Gasteiger partial charge in [0.25, 0.3) is 0 Å². The molecule has 3 N–H and O–H groups in total. The number of H-pyrrole nitrogens is 2. The smallest absolute Gasteiger partial charge is 0.0517 e. The number of para-hydroxylation sites is 1. The maximum atomic E-state index is 6.19. The van der Waals surface area contributed by atoms with E-state index >= 15 is 0 Å². The average Bonchev–Trinajstić information content (AvgIpc) is 3.17. The molecule has 0 radical (unpaired) electrons.